The van der Waals surface area contributed by atoms with Gasteiger partial charge in [0.15, 0.2) is 0 Å². The van der Waals surface area contributed by atoms with Crippen LogP contribution in [0.15, 0.2) is 29.2 Å². The van der Waals surface area contributed by atoms with Gasteiger partial charge in [0.1, 0.15) is 0 Å². The Bertz CT molecular complexity index is 606. The largest absolute Gasteiger partial charge is 0.465 e. The minimum atomic E-state index is -3.64. The lowest BCUT2D eigenvalue weighted by atomic mass is 10.1. The topological polar surface area (TPSA) is 83.9 Å². The second kappa shape index (κ2) is 5.16. The van der Waals surface area contributed by atoms with E-state index in [-0.39, 0.29) is 18.0 Å². The van der Waals surface area contributed by atoms with Crippen molar-refractivity contribution >= 4 is 16.0 Å². The van der Waals surface area contributed by atoms with Crippen molar-refractivity contribution in [1.82, 2.24) is 4.31 Å². The number of esters is 1. The molecule has 7 heteroatoms. The monoisotopic (exact) mass is 299 g/mol. The van der Waals surface area contributed by atoms with Gasteiger partial charge in [0, 0.05) is 13.1 Å². The molecular formula is C13H17NO5S. The molecule has 1 aromatic rings. The third-order valence-electron chi connectivity index (χ3n) is 3.33. The number of rotatable bonds is 3. The first-order valence-corrected chi connectivity index (χ1v) is 7.61. The lowest BCUT2D eigenvalue weighted by molar-refractivity contribution is 0.0600. The van der Waals surface area contributed by atoms with Gasteiger partial charge in [-0.25, -0.2) is 13.2 Å². The number of hydrogen-bond donors (Lipinski definition) is 1. The molecule has 0 aromatic heterocycles. The van der Waals surface area contributed by atoms with Gasteiger partial charge in [0.25, 0.3) is 0 Å². The predicted octanol–water partition coefficient (Wildman–Crippen LogP) is 0.619. The molecule has 0 radical (unpaired) electrons. The molecule has 1 aliphatic heterocycles. The van der Waals surface area contributed by atoms with Crippen LogP contribution in [0, 0.1) is 0 Å². The summed E-state index contributed by atoms with van der Waals surface area (Å²) in [5.74, 6) is -0.516. The summed E-state index contributed by atoms with van der Waals surface area (Å²) in [7, 11) is -2.37. The van der Waals surface area contributed by atoms with E-state index in [0.717, 1.165) is 0 Å². The third kappa shape index (κ3) is 2.84. The second-order valence-corrected chi connectivity index (χ2v) is 7.04. The van der Waals surface area contributed by atoms with Crippen LogP contribution in [0.25, 0.3) is 0 Å². The maximum atomic E-state index is 12.4. The molecule has 20 heavy (non-hydrogen) atoms. The van der Waals surface area contributed by atoms with Crippen LogP contribution in [0.2, 0.25) is 0 Å². The van der Waals surface area contributed by atoms with Gasteiger partial charge in [-0.05, 0) is 37.6 Å². The molecule has 1 fully saturated rings. The van der Waals surface area contributed by atoms with Crippen LogP contribution in [0.4, 0.5) is 0 Å². The van der Waals surface area contributed by atoms with E-state index in [1.54, 1.807) is 6.92 Å². The first-order chi connectivity index (χ1) is 9.26. The molecule has 0 spiro atoms. The molecule has 0 amide bonds. The Kier molecular flexibility index (Phi) is 3.86. The second-order valence-electron chi connectivity index (χ2n) is 5.10. The summed E-state index contributed by atoms with van der Waals surface area (Å²) >= 11 is 0. The molecule has 1 unspecified atom stereocenters. The lowest BCUT2D eigenvalue weighted by Gasteiger charge is -2.19. The van der Waals surface area contributed by atoms with Gasteiger partial charge in [-0.3, -0.25) is 0 Å². The first kappa shape index (κ1) is 15.0. The fourth-order valence-corrected chi connectivity index (χ4v) is 3.70. The van der Waals surface area contributed by atoms with E-state index in [1.807, 2.05) is 0 Å². The molecule has 0 saturated carbocycles. The highest BCUT2D eigenvalue weighted by atomic mass is 32.2. The van der Waals surface area contributed by atoms with Gasteiger partial charge in [-0.2, -0.15) is 4.31 Å². The minimum absolute atomic E-state index is 0.0775. The molecule has 0 aliphatic carbocycles. The van der Waals surface area contributed by atoms with E-state index in [2.05, 4.69) is 4.74 Å². The molecule has 2 rings (SSSR count). The summed E-state index contributed by atoms with van der Waals surface area (Å²) in [6.07, 6.45) is 0.409. The van der Waals surface area contributed by atoms with Gasteiger partial charge in [-0.1, -0.05) is 0 Å². The number of hydrogen-bond acceptors (Lipinski definition) is 5. The minimum Gasteiger partial charge on any atom is -0.465 e. The molecule has 1 saturated heterocycles. The van der Waals surface area contributed by atoms with Crippen molar-refractivity contribution in [1.29, 1.82) is 0 Å². The molecule has 1 aliphatic rings. The van der Waals surface area contributed by atoms with Crippen molar-refractivity contribution in [2.24, 2.45) is 0 Å². The number of carbonyl (C=O) groups is 1. The Hall–Kier alpha value is -1.44. The van der Waals surface area contributed by atoms with Crippen LogP contribution in [-0.4, -0.2) is 49.6 Å². The number of carbonyl (C=O) groups excluding carboxylic acids is 1. The Balaban J connectivity index is 2.25. The number of ether oxygens (including phenoxy) is 1. The van der Waals surface area contributed by atoms with E-state index in [9.17, 15) is 18.3 Å². The highest BCUT2D eigenvalue weighted by Gasteiger charge is 2.38. The number of sulfonamides is 1. The fourth-order valence-electron chi connectivity index (χ4n) is 2.14. The Morgan fingerprint density at radius 3 is 2.40 bits per heavy atom. The summed E-state index contributed by atoms with van der Waals surface area (Å²) in [6, 6.07) is 5.56. The summed E-state index contributed by atoms with van der Waals surface area (Å²) in [5, 5.41) is 9.86. The quantitative estimate of drug-likeness (QED) is 0.827. The highest BCUT2D eigenvalue weighted by Crippen LogP contribution is 2.26. The van der Waals surface area contributed by atoms with Crippen LogP contribution >= 0.6 is 0 Å². The molecule has 1 atom stereocenters. The fraction of sp³-hybridized carbons (Fsp3) is 0.462. The van der Waals surface area contributed by atoms with Gasteiger partial charge in [-0.15, -0.1) is 0 Å². The Labute approximate surface area is 118 Å². The molecule has 6 nitrogen and oxygen atoms in total. The average Bonchev–Trinajstić information content (AvgIpc) is 2.79. The zero-order valence-corrected chi connectivity index (χ0v) is 12.2. The average molecular weight is 299 g/mol. The van der Waals surface area contributed by atoms with Crippen molar-refractivity contribution in [3.63, 3.8) is 0 Å². The third-order valence-corrected chi connectivity index (χ3v) is 5.19. The Morgan fingerprint density at radius 2 is 1.95 bits per heavy atom. The van der Waals surface area contributed by atoms with Crippen LogP contribution in [0.1, 0.15) is 23.7 Å². The molecule has 0 bridgehead atoms. The zero-order valence-electron chi connectivity index (χ0n) is 11.4. The maximum Gasteiger partial charge on any atom is 0.337 e. The molecule has 1 heterocycles. The molecule has 1 aromatic carbocycles. The number of benzene rings is 1. The lowest BCUT2D eigenvalue weighted by Crippen LogP contribution is -2.33. The summed E-state index contributed by atoms with van der Waals surface area (Å²) in [5.41, 5.74) is -0.696. The van der Waals surface area contributed by atoms with Crippen molar-refractivity contribution in [3.05, 3.63) is 29.8 Å². The van der Waals surface area contributed by atoms with E-state index in [1.165, 1.54) is 35.7 Å². The van der Waals surface area contributed by atoms with Crippen LogP contribution in [0.3, 0.4) is 0 Å². The molecular weight excluding hydrogens is 282 g/mol. The first-order valence-electron chi connectivity index (χ1n) is 6.17. The maximum absolute atomic E-state index is 12.4. The highest BCUT2D eigenvalue weighted by molar-refractivity contribution is 7.89. The standard InChI is InChI=1S/C13H17NO5S/c1-13(16)7-8-14(9-13)20(17,18)11-5-3-10(4-6-11)12(15)19-2/h3-6,16H,7-9H2,1-2H3. The number of aliphatic hydroxyl groups is 1. The normalized spacial score (nSPS) is 23.8. The zero-order chi connectivity index (χ0) is 15.0. The van der Waals surface area contributed by atoms with Crippen LogP contribution in [-0.2, 0) is 14.8 Å². The van der Waals surface area contributed by atoms with E-state index in [0.29, 0.717) is 12.0 Å². The number of β-amino-alcohol motifs (C(OH)–C–C–N with tert-alkyl or cyclic N) is 1. The van der Waals surface area contributed by atoms with Gasteiger partial charge < -0.3 is 9.84 Å². The molecule has 1 N–H and O–H groups in total. The van der Waals surface area contributed by atoms with Crippen molar-refractivity contribution in [2.45, 2.75) is 23.8 Å². The summed E-state index contributed by atoms with van der Waals surface area (Å²) < 4.78 is 30.6. The summed E-state index contributed by atoms with van der Waals surface area (Å²) in [6.45, 7) is 1.98. The van der Waals surface area contributed by atoms with Gasteiger partial charge >= 0.3 is 5.97 Å². The van der Waals surface area contributed by atoms with E-state index < -0.39 is 21.6 Å². The summed E-state index contributed by atoms with van der Waals surface area (Å²) in [4.78, 5) is 11.4. The number of methoxy groups -OCH3 is 1. The van der Waals surface area contributed by atoms with Crippen molar-refractivity contribution in [3.8, 4) is 0 Å². The predicted molar refractivity (Wildman–Crippen MR) is 71.8 cm³/mol. The number of nitrogens with zero attached hydrogens (tertiary/aromatic N) is 1. The van der Waals surface area contributed by atoms with Crippen LogP contribution < -0.4 is 0 Å². The van der Waals surface area contributed by atoms with Crippen LogP contribution in [0.5, 0.6) is 0 Å². The van der Waals surface area contributed by atoms with Crippen molar-refractivity contribution < 1.29 is 23.1 Å². The van der Waals surface area contributed by atoms with E-state index >= 15 is 0 Å². The SMILES string of the molecule is COC(=O)c1ccc(S(=O)(=O)N2CCC(C)(O)C2)cc1. The van der Waals surface area contributed by atoms with Gasteiger partial charge in [0.2, 0.25) is 10.0 Å². The molecule has 110 valence electrons. The Morgan fingerprint density at radius 1 is 1.35 bits per heavy atom. The van der Waals surface area contributed by atoms with Gasteiger partial charge in [0.05, 0.1) is 23.2 Å². The van der Waals surface area contributed by atoms with Crippen molar-refractivity contribution in [2.75, 3.05) is 20.2 Å². The van der Waals surface area contributed by atoms with E-state index in [4.69, 9.17) is 0 Å². The smallest absolute Gasteiger partial charge is 0.337 e.